The minimum absolute atomic E-state index is 0.228. The number of allylic oxidation sites excluding steroid dienone is 1. The molecule has 1 atom stereocenters. The first kappa shape index (κ1) is 9.94. The maximum atomic E-state index is 9.74. The Kier molecular flexibility index (Phi) is 2.50. The first-order chi connectivity index (χ1) is 6.57. The lowest BCUT2D eigenvalue weighted by atomic mass is 9.75. The molecule has 1 N–H and O–H groups in total. The van der Waals surface area contributed by atoms with E-state index in [0.717, 1.165) is 12.8 Å². The van der Waals surface area contributed by atoms with E-state index < -0.39 is 0 Å². The van der Waals surface area contributed by atoms with Gasteiger partial charge >= 0.3 is 0 Å². The lowest BCUT2D eigenvalue weighted by molar-refractivity contribution is 0.146. The second-order valence-corrected chi connectivity index (χ2v) is 5.60. The van der Waals surface area contributed by atoms with E-state index in [0.29, 0.717) is 0 Å². The van der Waals surface area contributed by atoms with E-state index in [1.807, 2.05) is 6.08 Å². The Morgan fingerprint density at radius 1 is 1.50 bits per heavy atom. The topological polar surface area (TPSA) is 20.2 Å². The average Bonchev–Trinajstić information content (AvgIpc) is 2.51. The van der Waals surface area contributed by atoms with Crippen LogP contribution in [-0.4, -0.2) is 11.2 Å². The highest BCUT2D eigenvalue weighted by Gasteiger charge is 2.28. The number of rotatable bonds is 1. The number of hydrogen-bond acceptors (Lipinski definition) is 2. The van der Waals surface area contributed by atoms with Gasteiger partial charge in [0.2, 0.25) is 0 Å². The van der Waals surface area contributed by atoms with Crippen LogP contribution < -0.4 is 0 Å². The molecule has 76 valence electrons. The largest absolute Gasteiger partial charge is 0.389 e. The highest BCUT2D eigenvalue weighted by atomic mass is 32.1. The summed E-state index contributed by atoms with van der Waals surface area (Å²) in [4.78, 5) is 0. The van der Waals surface area contributed by atoms with E-state index in [1.165, 1.54) is 11.1 Å². The van der Waals surface area contributed by atoms with Gasteiger partial charge in [-0.25, -0.2) is 0 Å². The van der Waals surface area contributed by atoms with Crippen molar-refractivity contribution in [1.29, 1.82) is 0 Å². The van der Waals surface area contributed by atoms with Crippen molar-refractivity contribution in [2.75, 3.05) is 0 Å². The van der Waals surface area contributed by atoms with E-state index in [1.54, 1.807) is 11.3 Å². The second-order valence-electron chi connectivity index (χ2n) is 4.82. The molecule has 0 amide bonds. The van der Waals surface area contributed by atoms with Crippen LogP contribution in [0.25, 0.3) is 5.57 Å². The zero-order chi connectivity index (χ0) is 10.2. The summed E-state index contributed by atoms with van der Waals surface area (Å²) >= 11 is 1.71. The third kappa shape index (κ3) is 2.07. The minimum Gasteiger partial charge on any atom is -0.389 e. The zero-order valence-corrected chi connectivity index (χ0v) is 9.47. The Labute approximate surface area is 89.1 Å². The fourth-order valence-electron chi connectivity index (χ4n) is 2.15. The molecule has 1 nitrogen and oxygen atoms in total. The van der Waals surface area contributed by atoms with Crippen LogP contribution in [-0.2, 0) is 0 Å². The van der Waals surface area contributed by atoms with Gasteiger partial charge in [-0.1, -0.05) is 19.9 Å². The first-order valence-electron chi connectivity index (χ1n) is 4.98. The minimum atomic E-state index is -0.270. The van der Waals surface area contributed by atoms with Crippen molar-refractivity contribution < 1.29 is 5.11 Å². The smallest absolute Gasteiger partial charge is 0.0732 e. The van der Waals surface area contributed by atoms with Gasteiger partial charge in [0, 0.05) is 0 Å². The molecule has 2 heteroatoms. The summed E-state index contributed by atoms with van der Waals surface area (Å²) in [7, 11) is 0. The van der Waals surface area contributed by atoms with Crippen molar-refractivity contribution in [3.8, 4) is 0 Å². The normalized spacial score (nSPS) is 25.9. The predicted octanol–water partition coefficient (Wildman–Crippen LogP) is 3.31. The van der Waals surface area contributed by atoms with Gasteiger partial charge in [-0.3, -0.25) is 0 Å². The first-order valence-corrected chi connectivity index (χ1v) is 5.92. The van der Waals surface area contributed by atoms with Gasteiger partial charge in [-0.2, -0.15) is 11.3 Å². The summed E-state index contributed by atoms with van der Waals surface area (Å²) in [5.74, 6) is 0. The molecule has 1 aromatic heterocycles. The van der Waals surface area contributed by atoms with Gasteiger partial charge in [-0.15, -0.1) is 0 Å². The number of aliphatic hydroxyl groups is 1. The molecular formula is C12H16OS. The summed E-state index contributed by atoms with van der Waals surface area (Å²) in [6.07, 6.45) is 3.68. The number of thiophene rings is 1. The SMILES string of the molecule is CC1(C)CC(c2ccsc2)=CC(O)C1. The van der Waals surface area contributed by atoms with E-state index in [9.17, 15) is 5.11 Å². The lowest BCUT2D eigenvalue weighted by Crippen LogP contribution is -2.24. The van der Waals surface area contributed by atoms with Crippen molar-refractivity contribution in [1.82, 2.24) is 0 Å². The molecule has 1 heterocycles. The van der Waals surface area contributed by atoms with Gasteiger partial charge in [-0.05, 0) is 46.2 Å². The summed E-state index contributed by atoms with van der Waals surface area (Å²) in [5, 5.41) is 14.0. The fourth-order valence-corrected chi connectivity index (χ4v) is 2.83. The maximum absolute atomic E-state index is 9.74. The molecule has 1 aliphatic rings. The van der Waals surface area contributed by atoms with E-state index in [2.05, 4.69) is 30.7 Å². The highest BCUT2D eigenvalue weighted by molar-refractivity contribution is 7.08. The summed E-state index contributed by atoms with van der Waals surface area (Å²) in [5.41, 5.74) is 2.81. The molecule has 1 unspecified atom stereocenters. The van der Waals surface area contributed by atoms with Gasteiger partial charge < -0.3 is 5.11 Å². The van der Waals surface area contributed by atoms with E-state index >= 15 is 0 Å². The van der Waals surface area contributed by atoms with Crippen LogP contribution in [0.1, 0.15) is 32.3 Å². The Hall–Kier alpha value is -0.600. The number of hydrogen-bond donors (Lipinski definition) is 1. The molecule has 1 aliphatic carbocycles. The summed E-state index contributed by atoms with van der Waals surface area (Å²) in [6, 6.07) is 2.13. The van der Waals surface area contributed by atoms with Crippen molar-refractivity contribution in [2.24, 2.45) is 5.41 Å². The van der Waals surface area contributed by atoms with Crippen molar-refractivity contribution in [3.63, 3.8) is 0 Å². The predicted molar refractivity (Wildman–Crippen MR) is 61.3 cm³/mol. The third-order valence-corrected chi connectivity index (χ3v) is 3.40. The lowest BCUT2D eigenvalue weighted by Gasteiger charge is -2.32. The van der Waals surface area contributed by atoms with Gasteiger partial charge in [0.1, 0.15) is 0 Å². The molecule has 0 aromatic carbocycles. The Bertz CT molecular complexity index is 335. The molecule has 0 saturated heterocycles. The summed E-state index contributed by atoms with van der Waals surface area (Å²) in [6.45, 7) is 4.44. The van der Waals surface area contributed by atoms with Crippen LogP contribution in [0, 0.1) is 5.41 Å². The van der Waals surface area contributed by atoms with Crippen molar-refractivity contribution >= 4 is 16.9 Å². The molecule has 0 spiro atoms. The van der Waals surface area contributed by atoms with E-state index in [-0.39, 0.29) is 11.5 Å². The molecule has 14 heavy (non-hydrogen) atoms. The molecule has 0 bridgehead atoms. The molecule has 2 rings (SSSR count). The van der Waals surface area contributed by atoms with Crippen molar-refractivity contribution in [3.05, 3.63) is 28.5 Å². The van der Waals surface area contributed by atoms with Gasteiger partial charge in [0.15, 0.2) is 0 Å². The molecule has 1 aromatic rings. The van der Waals surface area contributed by atoms with Crippen LogP contribution in [0.5, 0.6) is 0 Å². The van der Waals surface area contributed by atoms with Gasteiger partial charge in [0.05, 0.1) is 6.10 Å². The average molecular weight is 208 g/mol. The van der Waals surface area contributed by atoms with Crippen LogP contribution in [0.2, 0.25) is 0 Å². The molecule has 0 radical (unpaired) electrons. The standard InChI is InChI=1S/C12H16OS/c1-12(2)6-10(5-11(13)7-12)9-3-4-14-8-9/h3-5,8,11,13H,6-7H2,1-2H3. The Morgan fingerprint density at radius 2 is 2.29 bits per heavy atom. The zero-order valence-electron chi connectivity index (χ0n) is 8.66. The summed E-state index contributed by atoms with van der Waals surface area (Å²) < 4.78 is 0. The Morgan fingerprint density at radius 3 is 2.86 bits per heavy atom. The molecule has 0 fully saturated rings. The monoisotopic (exact) mass is 208 g/mol. The van der Waals surface area contributed by atoms with Crippen molar-refractivity contribution in [2.45, 2.75) is 32.8 Å². The van der Waals surface area contributed by atoms with Crippen LogP contribution >= 0.6 is 11.3 Å². The van der Waals surface area contributed by atoms with Crippen LogP contribution in [0.15, 0.2) is 22.9 Å². The van der Waals surface area contributed by atoms with E-state index in [4.69, 9.17) is 0 Å². The number of aliphatic hydroxyl groups excluding tert-OH is 1. The Balaban J connectivity index is 2.28. The second kappa shape index (κ2) is 3.52. The fraction of sp³-hybridized carbons (Fsp3) is 0.500. The third-order valence-electron chi connectivity index (χ3n) is 2.72. The molecule has 0 saturated carbocycles. The quantitative estimate of drug-likeness (QED) is 0.750. The van der Waals surface area contributed by atoms with Crippen LogP contribution in [0.3, 0.4) is 0 Å². The van der Waals surface area contributed by atoms with Crippen LogP contribution in [0.4, 0.5) is 0 Å². The molecular weight excluding hydrogens is 192 g/mol. The highest BCUT2D eigenvalue weighted by Crippen LogP contribution is 2.39. The molecule has 0 aliphatic heterocycles. The maximum Gasteiger partial charge on any atom is 0.0732 e. The van der Waals surface area contributed by atoms with Gasteiger partial charge in [0.25, 0.3) is 0 Å².